The van der Waals surface area contributed by atoms with Crippen molar-refractivity contribution in [2.75, 3.05) is 13.1 Å². The Morgan fingerprint density at radius 2 is 1.91 bits per heavy atom. The predicted octanol–water partition coefficient (Wildman–Crippen LogP) is 5.41. The molecule has 1 aliphatic heterocycles. The van der Waals surface area contributed by atoms with Gasteiger partial charge in [0.2, 0.25) is 5.88 Å². The number of nitrogens with zero attached hydrogens (tertiary/aromatic N) is 3. The number of aromatic hydroxyl groups is 1. The molecule has 7 heteroatoms. The number of aromatic nitrogens is 1. The molecule has 33 heavy (non-hydrogen) atoms. The highest BCUT2D eigenvalue weighted by Crippen LogP contribution is 2.35. The number of thiophene rings is 1. The Labute approximate surface area is 196 Å². The van der Waals surface area contributed by atoms with Gasteiger partial charge in [-0.05, 0) is 73.3 Å². The van der Waals surface area contributed by atoms with Gasteiger partial charge in [-0.15, -0.1) is 0 Å². The highest BCUT2D eigenvalue weighted by atomic mass is 32.1. The Hall–Kier alpha value is -3.42. The van der Waals surface area contributed by atoms with E-state index in [4.69, 9.17) is 4.99 Å². The molecule has 2 aromatic heterocycles. The van der Waals surface area contributed by atoms with E-state index in [0.29, 0.717) is 16.7 Å². The molecule has 1 fully saturated rings. The molecule has 0 spiro atoms. The van der Waals surface area contributed by atoms with E-state index in [-0.39, 0.29) is 11.4 Å². The van der Waals surface area contributed by atoms with Gasteiger partial charge in [-0.3, -0.25) is 4.90 Å². The van der Waals surface area contributed by atoms with Crippen molar-refractivity contribution < 1.29 is 15.0 Å². The summed E-state index contributed by atoms with van der Waals surface area (Å²) < 4.78 is 1.67. The van der Waals surface area contributed by atoms with Gasteiger partial charge in [-0.1, -0.05) is 12.1 Å². The van der Waals surface area contributed by atoms with Crippen molar-refractivity contribution in [3.05, 3.63) is 81.5 Å². The molecule has 2 N–H and O–H groups in total. The summed E-state index contributed by atoms with van der Waals surface area (Å²) >= 11 is 1.55. The lowest BCUT2D eigenvalue weighted by Gasteiger charge is -2.14. The van der Waals surface area contributed by atoms with Gasteiger partial charge < -0.3 is 14.8 Å². The van der Waals surface area contributed by atoms with Crippen molar-refractivity contribution in [3.8, 4) is 5.88 Å². The minimum absolute atomic E-state index is 0.0608. The molecule has 6 nitrogen and oxygen atoms in total. The molecule has 0 saturated carbocycles. The Kier molecular flexibility index (Phi) is 5.74. The van der Waals surface area contributed by atoms with Crippen LogP contribution in [-0.4, -0.2) is 44.5 Å². The lowest BCUT2D eigenvalue weighted by molar-refractivity contribution is 0.0697. The van der Waals surface area contributed by atoms with Crippen LogP contribution in [0.5, 0.6) is 5.88 Å². The van der Waals surface area contributed by atoms with Crippen LogP contribution in [0.1, 0.15) is 39.9 Å². The number of aromatic carboxylic acids is 1. The maximum atomic E-state index is 11.6. The molecule has 0 unspecified atom stereocenters. The lowest BCUT2D eigenvalue weighted by Crippen LogP contribution is -2.18. The zero-order valence-corrected chi connectivity index (χ0v) is 19.2. The molecule has 0 radical (unpaired) electrons. The van der Waals surface area contributed by atoms with Gasteiger partial charge in [0.1, 0.15) is 0 Å². The number of carbonyl (C=O) groups is 1. The van der Waals surface area contributed by atoms with Crippen LogP contribution in [-0.2, 0) is 13.6 Å². The maximum absolute atomic E-state index is 11.6. The number of rotatable bonds is 6. The van der Waals surface area contributed by atoms with Gasteiger partial charge >= 0.3 is 5.97 Å². The Morgan fingerprint density at radius 3 is 2.64 bits per heavy atom. The standard InChI is InChI=1S/C26H25N3O3S/c1-28-22-8-7-18(26(31)32)14-21(22)23(25(28)30)24(19-9-12-33-16-19)27-20-6-4-5-17(13-20)15-29-10-2-3-11-29/h4-9,12-14,16,30H,2-3,10-11,15H2,1H3,(H,31,32). The smallest absolute Gasteiger partial charge is 0.335 e. The van der Waals surface area contributed by atoms with Crippen LogP contribution < -0.4 is 0 Å². The fourth-order valence-electron chi connectivity index (χ4n) is 4.51. The molecule has 0 bridgehead atoms. The van der Waals surface area contributed by atoms with Crippen molar-refractivity contribution in [2.24, 2.45) is 12.0 Å². The number of hydrogen-bond acceptors (Lipinski definition) is 5. The van der Waals surface area contributed by atoms with E-state index >= 15 is 0 Å². The quantitative estimate of drug-likeness (QED) is 0.378. The monoisotopic (exact) mass is 459 g/mol. The molecule has 3 heterocycles. The Bertz CT molecular complexity index is 1350. The molecule has 5 rings (SSSR count). The average molecular weight is 460 g/mol. The van der Waals surface area contributed by atoms with E-state index in [2.05, 4.69) is 17.0 Å². The van der Waals surface area contributed by atoms with Gasteiger partial charge in [0, 0.05) is 29.9 Å². The van der Waals surface area contributed by atoms with Gasteiger partial charge in [0.15, 0.2) is 0 Å². The molecule has 168 valence electrons. The molecule has 1 saturated heterocycles. The summed E-state index contributed by atoms with van der Waals surface area (Å²) in [6.07, 6.45) is 2.50. The first-order valence-electron chi connectivity index (χ1n) is 11.0. The van der Waals surface area contributed by atoms with E-state index in [0.717, 1.165) is 36.4 Å². The highest BCUT2D eigenvalue weighted by Gasteiger charge is 2.22. The summed E-state index contributed by atoms with van der Waals surface area (Å²) in [5.41, 5.74) is 4.98. The van der Waals surface area contributed by atoms with E-state index < -0.39 is 5.97 Å². The van der Waals surface area contributed by atoms with Crippen LogP contribution >= 0.6 is 11.3 Å². The largest absolute Gasteiger partial charge is 0.494 e. The number of carboxylic acids is 1. The minimum Gasteiger partial charge on any atom is -0.494 e. The number of likely N-dealkylation sites (tertiary alicyclic amines) is 1. The SMILES string of the molecule is Cn1c(O)c(C(=Nc2cccc(CN3CCCC3)c2)c2ccsc2)c2cc(C(=O)O)ccc21. The van der Waals surface area contributed by atoms with Crippen LogP contribution in [0.25, 0.3) is 10.9 Å². The second-order valence-electron chi connectivity index (χ2n) is 8.42. The number of carboxylic acid groups (broad SMARTS) is 1. The van der Waals surface area contributed by atoms with Crippen LogP contribution in [0, 0.1) is 0 Å². The van der Waals surface area contributed by atoms with E-state index in [1.807, 2.05) is 29.0 Å². The third kappa shape index (κ3) is 4.17. The molecule has 0 aliphatic carbocycles. The number of benzene rings is 2. The number of aryl methyl sites for hydroxylation is 1. The summed E-state index contributed by atoms with van der Waals surface area (Å²) in [5, 5.41) is 25.2. The first-order chi connectivity index (χ1) is 16.0. The Balaban J connectivity index is 1.65. The first-order valence-corrected chi connectivity index (χ1v) is 11.9. The molecule has 0 amide bonds. The summed E-state index contributed by atoms with van der Waals surface area (Å²) in [5.74, 6) is -0.944. The third-order valence-corrected chi connectivity index (χ3v) is 6.89. The van der Waals surface area contributed by atoms with Crippen LogP contribution in [0.3, 0.4) is 0 Å². The number of hydrogen-bond donors (Lipinski definition) is 2. The zero-order chi connectivity index (χ0) is 22.9. The predicted molar refractivity (Wildman–Crippen MR) is 132 cm³/mol. The minimum atomic E-state index is -1.00. The number of fused-ring (bicyclic) bond motifs is 1. The summed E-state index contributed by atoms with van der Waals surface area (Å²) in [6.45, 7) is 3.16. The fourth-order valence-corrected chi connectivity index (χ4v) is 5.15. The lowest BCUT2D eigenvalue weighted by atomic mass is 10.0. The van der Waals surface area contributed by atoms with Crippen molar-refractivity contribution in [1.29, 1.82) is 0 Å². The summed E-state index contributed by atoms with van der Waals surface area (Å²) in [7, 11) is 1.77. The molecule has 0 atom stereocenters. The maximum Gasteiger partial charge on any atom is 0.335 e. The van der Waals surface area contributed by atoms with Crippen LogP contribution in [0.15, 0.2) is 64.3 Å². The number of aliphatic imine (C=N–C) groups is 1. The normalized spacial score (nSPS) is 14.9. The van der Waals surface area contributed by atoms with E-state index in [1.165, 1.54) is 18.4 Å². The third-order valence-electron chi connectivity index (χ3n) is 6.20. The van der Waals surface area contributed by atoms with Crippen LogP contribution in [0.2, 0.25) is 0 Å². The van der Waals surface area contributed by atoms with Gasteiger partial charge in [0.05, 0.1) is 28.0 Å². The Morgan fingerprint density at radius 1 is 1.09 bits per heavy atom. The fraction of sp³-hybridized carbons (Fsp3) is 0.231. The van der Waals surface area contributed by atoms with Crippen LogP contribution in [0.4, 0.5) is 5.69 Å². The zero-order valence-electron chi connectivity index (χ0n) is 18.4. The van der Waals surface area contributed by atoms with Crippen molar-refractivity contribution >= 4 is 39.6 Å². The second kappa shape index (κ2) is 8.84. The summed E-state index contributed by atoms with van der Waals surface area (Å²) in [4.78, 5) is 19.1. The van der Waals surface area contributed by atoms with E-state index in [9.17, 15) is 15.0 Å². The van der Waals surface area contributed by atoms with Crippen molar-refractivity contribution in [3.63, 3.8) is 0 Å². The topological polar surface area (TPSA) is 78.1 Å². The highest BCUT2D eigenvalue weighted by molar-refractivity contribution is 7.08. The molecule has 2 aromatic carbocycles. The first kappa shape index (κ1) is 21.4. The summed E-state index contributed by atoms with van der Waals surface area (Å²) in [6, 6.07) is 15.0. The van der Waals surface area contributed by atoms with Crippen molar-refractivity contribution in [2.45, 2.75) is 19.4 Å². The van der Waals surface area contributed by atoms with Gasteiger partial charge in [-0.2, -0.15) is 11.3 Å². The molecule has 4 aromatic rings. The average Bonchev–Trinajstić information content (AvgIpc) is 3.56. The second-order valence-corrected chi connectivity index (χ2v) is 9.20. The molecular weight excluding hydrogens is 434 g/mol. The van der Waals surface area contributed by atoms with Crippen molar-refractivity contribution in [1.82, 2.24) is 9.47 Å². The van der Waals surface area contributed by atoms with E-state index in [1.54, 1.807) is 41.2 Å². The van der Waals surface area contributed by atoms with Gasteiger partial charge in [-0.25, -0.2) is 9.79 Å². The molecule has 1 aliphatic rings. The molecular formula is C26H25N3O3S. The van der Waals surface area contributed by atoms with Gasteiger partial charge in [0.25, 0.3) is 0 Å².